The Labute approximate surface area is 222 Å². The van der Waals surface area contributed by atoms with E-state index >= 15 is 0 Å². The molecule has 2 heterocycles. The van der Waals surface area contributed by atoms with E-state index in [0.29, 0.717) is 45.1 Å². The standard InChI is InChI=1S/C28H23ClN2O5S/c1-15(2)14-36-20-5-3-4-17(12-20)25(33)23-24(16-6-9-19(32)10-7-16)31(27(35)26(23)34)28-30-21-11-8-18(29)13-22(21)37-28/h3-13,15,24,32-33H,14H2,1-2H3/b25-23+. The number of aliphatic hydroxyl groups excluding tert-OH is 1. The lowest BCUT2D eigenvalue weighted by Gasteiger charge is -2.23. The highest BCUT2D eigenvalue weighted by Crippen LogP contribution is 2.45. The highest BCUT2D eigenvalue weighted by atomic mass is 35.5. The molecule has 0 saturated carbocycles. The molecule has 7 nitrogen and oxygen atoms in total. The number of carbonyl (C=O) groups excluding carboxylic acids is 2. The average Bonchev–Trinajstić information content (AvgIpc) is 3.40. The van der Waals surface area contributed by atoms with Crippen molar-refractivity contribution in [3.63, 3.8) is 0 Å². The summed E-state index contributed by atoms with van der Waals surface area (Å²) in [6.07, 6.45) is 0. The molecule has 9 heteroatoms. The van der Waals surface area contributed by atoms with Crippen LogP contribution < -0.4 is 9.64 Å². The predicted molar refractivity (Wildman–Crippen MR) is 144 cm³/mol. The molecule has 3 aromatic carbocycles. The summed E-state index contributed by atoms with van der Waals surface area (Å²) in [6, 6.07) is 17.1. The summed E-state index contributed by atoms with van der Waals surface area (Å²) >= 11 is 7.35. The third-order valence-electron chi connectivity index (χ3n) is 5.89. The van der Waals surface area contributed by atoms with Crippen LogP contribution in [0.1, 0.15) is 31.0 Å². The second kappa shape index (κ2) is 9.88. The lowest BCUT2D eigenvalue weighted by molar-refractivity contribution is -0.132. The van der Waals surface area contributed by atoms with Gasteiger partial charge in [0, 0.05) is 10.6 Å². The van der Waals surface area contributed by atoms with E-state index in [-0.39, 0.29) is 17.1 Å². The SMILES string of the molecule is CC(C)COc1cccc(/C(O)=C2\C(=O)C(=O)N(c3nc4ccc(Cl)cc4s3)C2c2ccc(O)cc2)c1. The van der Waals surface area contributed by atoms with Crippen molar-refractivity contribution in [1.29, 1.82) is 0 Å². The molecule has 2 N–H and O–H groups in total. The number of aliphatic hydroxyl groups is 1. The van der Waals surface area contributed by atoms with E-state index < -0.39 is 17.7 Å². The molecule has 1 atom stereocenters. The van der Waals surface area contributed by atoms with Crippen molar-refractivity contribution in [2.45, 2.75) is 19.9 Å². The number of fused-ring (bicyclic) bond motifs is 1. The number of hydrogen-bond donors (Lipinski definition) is 2. The first-order valence-corrected chi connectivity index (χ1v) is 12.8. The lowest BCUT2D eigenvalue weighted by Crippen LogP contribution is -2.29. The zero-order valence-corrected chi connectivity index (χ0v) is 21.6. The number of anilines is 1. The number of phenolic OH excluding ortho intramolecular Hbond substituents is 1. The van der Waals surface area contributed by atoms with Crippen LogP contribution in [0.2, 0.25) is 5.02 Å². The van der Waals surface area contributed by atoms with Gasteiger partial charge in [0.15, 0.2) is 5.13 Å². The Kier molecular flexibility index (Phi) is 6.62. The minimum Gasteiger partial charge on any atom is -0.508 e. The number of rotatable bonds is 6. The molecule has 0 aliphatic carbocycles. The molecule has 0 bridgehead atoms. The van der Waals surface area contributed by atoms with Crippen LogP contribution in [0.3, 0.4) is 0 Å². The van der Waals surface area contributed by atoms with Gasteiger partial charge in [-0.15, -0.1) is 0 Å². The van der Waals surface area contributed by atoms with Gasteiger partial charge in [0.1, 0.15) is 17.3 Å². The van der Waals surface area contributed by atoms with E-state index in [2.05, 4.69) is 4.98 Å². The fourth-order valence-electron chi connectivity index (χ4n) is 4.14. The summed E-state index contributed by atoms with van der Waals surface area (Å²) in [6.45, 7) is 4.54. The predicted octanol–water partition coefficient (Wildman–Crippen LogP) is 6.32. The topological polar surface area (TPSA) is 100.0 Å². The molecule has 188 valence electrons. The number of halogens is 1. The van der Waals surface area contributed by atoms with E-state index in [4.69, 9.17) is 16.3 Å². The highest BCUT2D eigenvalue weighted by molar-refractivity contribution is 7.22. The van der Waals surface area contributed by atoms with Gasteiger partial charge in [0.2, 0.25) is 0 Å². The van der Waals surface area contributed by atoms with Gasteiger partial charge in [-0.2, -0.15) is 0 Å². The van der Waals surface area contributed by atoms with Crippen LogP contribution in [0.25, 0.3) is 16.0 Å². The van der Waals surface area contributed by atoms with Gasteiger partial charge in [0.25, 0.3) is 5.78 Å². The molecule has 5 rings (SSSR count). The fraction of sp³-hybridized carbons (Fsp3) is 0.179. The van der Waals surface area contributed by atoms with Crippen LogP contribution in [-0.4, -0.2) is 33.5 Å². The van der Waals surface area contributed by atoms with Crippen LogP contribution in [0.15, 0.2) is 72.3 Å². The first-order chi connectivity index (χ1) is 17.7. The maximum Gasteiger partial charge on any atom is 0.301 e. The summed E-state index contributed by atoms with van der Waals surface area (Å²) in [7, 11) is 0. The third-order valence-corrected chi connectivity index (χ3v) is 7.14. The zero-order valence-electron chi connectivity index (χ0n) is 20.0. The lowest BCUT2D eigenvalue weighted by atomic mass is 9.95. The van der Waals surface area contributed by atoms with Gasteiger partial charge in [-0.1, -0.05) is 61.1 Å². The third kappa shape index (κ3) is 4.77. The molecule has 37 heavy (non-hydrogen) atoms. The Bertz CT molecular complexity index is 1540. The Morgan fingerprint density at radius 1 is 1.11 bits per heavy atom. The Hall–Kier alpha value is -3.88. The molecular formula is C28H23ClN2O5S. The number of aromatic nitrogens is 1. The van der Waals surface area contributed by atoms with E-state index in [9.17, 15) is 19.8 Å². The summed E-state index contributed by atoms with van der Waals surface area (Å²) in [4.78, 5) is 32.6. The monoisotopic (exact) mass is 534 g/mol. The minimum atomic E-state index is -0.961. The smallest absolute Gasteiger partial charge is 0.301 e. The fourth-order valence-corrected chi connectivity index (χ4v) is 5.41. The van der Waals surface area contributed by atoms with Crippen molar-refractivity contribution in [1.82, 2.24) is 4.98 Å². The molecule has 1 unspecified atom stereocenters. The van der Waals surface area contributed by atoms with Gasteiger partial charge in [-0.3, -0.25) is 14.5 Å². The second-order valence-corrected chi connectivity index (χ2v) is 10.5. The number of hydrogen-bond acceptors (Lipinski definition) is 7. The zero-order chi connectivity index (χ0) is 26.3. The van der Waals surface area contributed by atoms with Crippen molar-refractivity contribution >= 4 is 55.7 Å². The van der Waals surface area contributed by atoms with Crippen LogP contribution in [0.5, 0.6) is 11.5 Å². The molecule has 0 spiro atoms. The van der Waals surface area contributed by atoms with Crippen LogP contribution in [0, 0.1) is 5.92 Å². The van der Waals surface area contributed by atoms with Crippen molar-refractivity contribution in [2.24, 2.45) is 5.92 Å². The van der Waals surface area contributed by atoms with E-state index in [1.807, 2.05) is 13.8 Å². The number of thiazole rings is 1. The number of benzene rings is 3. The summed E-state index contributed by atoms with van der Waals surface area (Å²) in [5.74, 6) is -1.08. The Morgan fingerprint density at radius 3 is 2.59 bits per heavy atom. The van der Waals surface area contributed by atoms with Gasteiger partial charge in [0.05, 0.1) is 28.4 Å². The van der Waals surface area contributed by atoms with Gasteiger partial charge in [-0.05, 0) is 53.9 Å². The average molecular weight is 535 g/mol. The van der Waals surface area contributed by atoms with Crippen molar-refractivity contribution < 1.29 is 24.5 Å². The molecule has 4 aromatic rings. The molecule has 1 aliphatic rings. The molecule has 0 radical (unpaired) electrons. The number of aromatic hydroxyl groups is 1. The summed E-state index contributed by atoms with van der Waals surface area (Å²) < 4.78 is 6.54. The first-order valence-electron chi connectivity index (χ1n) is 11.6. The van der Waals surface area contributed by atoms with Crippen molar-refractivity contribution in [3.8, 4) is 11.5 Å². The van der Waals surface area contributed by atoms with Crippen molar-refractivity contribution in [3.05, 3.63) is 88.5 Å². The number of Topliss-reactive ketones (excluding diaryl/α,β-unsaturated/α-hetero) is 1. The second-order valence-electron chi connectivity index (χ2n) is 9.10. The Balaban J connectivity index is 1.66. The maximum absolute atomic E-state index is 13.4. The Morgan fingerprint density at radius 2 is 1.86 bits per heavy atom. The number of carbonyl (C=O) groups is 2. The molecule has 1 fully saturated rings. The minimum absolute atomic E-state index is 0.0327. The number of phenols is 1. The first kappa shape index (κ1) is 24.8. The molecule has 1 aliphatic heterocycles. The maximum atomic E-state index is 13.4. The molecule has 1 aromatic heterocycles. The number of ketones is 1. The van der Waals surface area contributed by atoms with E-state index in [1.54, 1.807) is 54.6 Å². The number of ether oxygens (including phenoxy) is 1. The summed E-state index contributed by atoms with van der Waals surface area (Å²) in [5, 5.41) is 22.0. The quantitative estimate of drug-likeness (QED) is 0.171. The molecule has 1 amide bonds. The number of amides is 1. The highest BCUT2D eigenvalue weighted by Gasteiger charge is 2.48. The van der Waals surface area contributed by atoms with Crippen LogP contribution in [0.4, 0.5) is 5.13 Å². The molecule has 1 saturated heterocycles. The normalized spacial score (nSPS) is 17.2. The number of nitrogens with zero attached hydrogens (tertiary/aromatic N) is 2. The van der Waals surface area contributed by atoms with Gasteiger partial charge in [-0.25, -0.2) is 4.98 Å². The van der Waals surface area contributed by atoms with E-state index in [0.717, 1.165) is 4.70 Å². The largest absolute Gasteiger partial charge is 0.508 e. The van der Waals surface area contributed by atoms with E-state index in [1.165, 1.54) is 28.4 Å². The van der Waals surface area contributed by atoms with Crippen LogP contribution in [-0.2, 0) is 9.59 Å². The van der Waals surface area contributed by atoms with Crippen molar-refractivity contribution in [2.75, 3.05) is 11.5 Å². The van der Waals surface area contributed by atoms with Crippen LogP contribution >= 0.6 is 22.9 Å². The molecular weight excluding hydrogens is 512 g/mol. The van der Waals surface area contributed by atoms with Gasteiger partial charge < -0.3 is 14.9 Å². The summed E-state index contributed by atoms with van der Waals surface area (Å²) in [5.41, 5.74) is 1.43. The van der Waals surface area contributed by atoms with Gasteiger partial charge >= 0.3 is 5.91 Å².